The summed E-state index contributed by atoms with van der Waals surface area (Å²) >= 11 is 3.56. The predicted molar refractivity (Wildman–Crippen MR) is 69.9 cm³/mol. The molecule has 1 aliphatic rings. The number of aromatic hydroxyl groups is 1. The van der Waals surface area contributed by atoms with Crippen LogP contribution in [0.25, 0.3) is 0 Å². The van der Waals surface area contributed by atoms with Gasteiger partial charge in [-0.05, 0) is 57.4 Å². The summed E-state index contributed by atoms with van der Waals surface area (Å²) in [6, 6.07) is 1.98. The molecule has 0 amide bonds. The molecule has 1 aliphatic heterocycles. The third-order valence-corrected chi connectivity index (χ3v) is 4.43. The normalized spacial score (nSPS) is 25.0. The van der Waals surface area contributed by atoms with Crippen molar-refractivity contribution in [2.45, 2.75) is 39.2 Å². The molecule has 2 nitrogen and oxygen atoms in total. The fraction of sp³-hybridized carbons (Fsp3) is 0.538. The van der Waals surface area contributed by atoms with Crippen molar-refractivity contribution in [2.24, 2.45) is 0 Å². The van der Waals surface area contributed by atoms with Gasteiger partial charge in [0.2, 0.25) is 0 Å². The molecule has 16 heavy (non-hydrogen) atoms. The van der Waals surface area contributed by atoms with Gasteiger partial charge < -0.3 is 10.4 Å². The molecule has 1 atom stereocenters. The van der Waals surface area contributed by atoms with E-state index in [2.05, 4.69) is 35.1 Å². The van der Waals surface area contributed by atoms with E-state index < -0.39 is 0 Å². The van der Waals surface area contributed by atoms with Crippen molar-refractivity contribution < 1.29 is 5.11 Å². The van der Waals surface area contributed by atoms with E-state index in [1.807, 2.05) is 13.0 Å². The molecule has 1 aromatic carbocycles. The molecule has 3 heteroatoms. The van der Waals surface area contributed by atoms with Crippen molar-refractivity contribution in [1.82, 2.24) is 5.32 Å². The molecule has 1 aromatic rings. The van der Waals surface area contributed by atoms with Crippen LogP contribution in [0.1, 0.15) is 36.5 Å². The van der Waals surface area contributed by atoms with Crippen LogP contribution in [0.5, 0.6) is 5.75 Å². The number of nitrogens with one attached hydrogen (secondary N) is 1. The highest BCUT2D eigenvalue weighted by molar-refractivity contribution is 9.10. The molecule has 1 fully saturated rings. The Labute approximate surface area is 105 Å². The number of benzene rings is 1. The van der Waals surface area contributed by atoms with Crippen molar-refractivity contribution in [3.05, 3.63) is 27.2 Å². The number of aryl methyl sites for hydroxylation is 1. The Morgan fingerprint density at radius 1 is 1.44 bits per heavy atom. The lowest BCUT2D eigenvalue weighted by Crippen LogP contribution is -2.34. The highest BCUT2D eigenvalue weighted by Gasteiger charge is 2.34. The number of rotatable bonds is 1. The van der Waals surface area contributed by atoms with Gasteiger partial charge in [0.1, 0.15) is 5.75 Å². The van der Waals surface area contributed by atoms with Gasteiger partial charge in [-0.15, -0.1) is 0 Å². The molecule has 88 valence electrons. The van der Waals surface area contributed by atoms with Gasteiger partial charge >= 0.3 is 0 Å². The summed E-state index contributed by atoms with van der Waals surface area (Å²) in [5.74, 6) is 0.442. The minimum Gasteiger partial charge on any atom is -0.507 e. The van der Waals surface area contributed by atoms with Gasteiger partial charge in [-0.1, -0.05) is 15.9 Å². The molecule has 0 aromatic heterocycles. The lowest BCUT2D eigenvalue weighted by Gasteiger charge is -2.29. The first-order valence-corrected chi connectivity index (χ1v) is 6.49. The largest absolute Gasteiger partial charge is 0.507 e. The van der Waals surface area contributed by atoms with E-state index in [9.17, 15) is 5.11 Å². The van der Waals surface area contributed by atoms with Gasteiger partial charge in [-0.2, -0.15) is 0 Å². The van der Waals surface area contributed by atoms with Gasteiger partial charge in [0.15, 0.2) is 0 Å². The summed E-state index contributed by atoms with van der Waals surface area (Å²) in [5, 5.41) is 13.8. The summed E-state index contributed by atoms with van der Waals surface area (Å²) < 4.78 is 1.08. The van der Waals surface area contributed by atoms with E-state index in [0.717, 1.165) is 34.1 Å². The summed E-state index contributed by atoms with van der Waals surface area (Å²) in [6.07, 6.45) is 2.25. The minimum atomic E-state index is -0.0806. The predicted octanol–water partition coefficient (Wildman–Crippen LogP) is 3.37. The van der Waals surface area contributed by atoms with Gasteiger partial charge in [0.05, 0.1) is 0 Å². The molecule has 0 bridgehead atoms. The molecule has 2 rings (SSSR count). The molecule has 0 radical (unpaired) electrons. The smallest absolute Gasteiger partial charge is 0.123 e. The lowest BCUT2D eigenvalue weighted by atomic mass is 9.85. The van der Waals surface area contributed by atoms with E-state index in [0.29, 0.717) is 5.75 Å². The third kappa shape index (κ3) is 1.76. The average molecular weight is 284 g/mol. The van der Waals surface area contributed by atoms with E-state index in [1.165, 1.54) is 6.42 Å². The second-order valence-corrected chi connectivity index (χ2v) is 5.74. The number of phenolic OH excluding ortho intramolecular Hbond substituents is 1. The van der Waals surface area contributed by atoms with Crippen LogP contribution >= 0.6 is 15.9 Å². The highest BCUT2D eigenvalue weighted by Crippen LogP contribution is 2.42. The molecule has 0 spiro atoms. The van der Waals surface area contributed by atoms with Crippen molar-refractivity contribution in [3.8, 4) is 5.75 Å². The molecule has 1 saturated heterocycles. The van der Waals surface area contributed by atoms with Crippen LogP contribution in [-0.4, -0.2) is 11.7 Å². The Morgan fingerprint density at radius 2 is 2.12 bits per heavy atom. The van der Waals surface area contributed by atoms with Crippen LogP contribution in [0.3, 0.4) is 0 Å². The maximum atomic E-state index is 10.3. The van der Waals surface area contributed by atoms with Gasteiger partial charge in [0.25, 0.3) is 0 Å². The first kappa shape index (κ1) is 11.9. The fourth-order valence-corrected chi connectivity index (χ4v) is 3.19. The first-order chi connectivity index (χ1) is 7.46. The van der Waals surface area contributed by atoms with Crippen LogP contribution < -0.4 is 5.32 Å². The molecular weight excluding hydrogens is 266 g/mol. The maximum Gasteiger partial charge on any atom is 0.123 e. The Bertz CT molecular complexity index is 396. The van der Waals surface area contributed by atoms with E-state index in [-0.39, 0.29) is 5.54 Å². The summed E-state index contributed by atoms with van der Waals surface area (Å²) in [6.45, 7) is 7.21. The fourth-order valence-electron chi connectivity index (χ4n) is 2.64. The zero-order chi connectivity index (χ0) is 11.9. The van der Waals surface area contributed by atoms with Crippen molar-refractivity contribution in [3.63, 3.8) is 0 Å². The van der Waals surface area contributed by atoms with Gasteiger partial charge in [-0.3, -0.25) is 0 Å². The number of hydrogen-bond acceptors (Lipinski definition) is 2. The topological polar surface area (TPSA) is 32.3 Å². The summed E-state index contributed by atoms with van der Waals surface area (Å²) in [5.41, 5.74) is 3.04. The Balaban J connectivity index is 2.63. The van der Waals surface area contributed by atoms with Crippen LogP contribution in [0.15, 0.2) is 10.5 Å². The van der Waals surface area contributed by atoms with Gasteiger partial charge in [0, 0.05) is 15.6 Å². The molecule has 2 N–H and O–H groups in total. The van der Waals surface area contributed by atoms with Crippen LogP contribution in [0, 0.1) is 13.8 Å². The quantitative estimate of drug-likeness (QED) is 0.828. The Morgan fingerprint density at radius 3 is 2.69 bits per heavy atom. The van der Waals surface area contributed by atoms with Gasteiger partial charge in [-0.25, -0.2) is 0 Å². The number of phenols is 1. The second kappa shape index (κ2) is 4.04. The summed E-state index contributed by atoms with van der Waals surface area (Å²) in [4.78, 5) is 0. The zero-order valence-corrected chi connectivity index (χ0v) is 11.6. The van der Waals surface area contributed by atoms with E-state index in [4.69, 9.17) is 0 Å². The Hall–Kier alpha value is -0.540. The number of halogens is 1. The van der Waals surface area contributed by atoms with Crippen molar-refractivity contribution >= 4 is 15.9 Å². The van der Waals surface area contributed by atoms with Crippen molar-refractivity contribution in [2.75, 3.05) is 6.54 Å². The van der Waals surface area contributed by atoms with Crippen molar-refractivity contribution in [1.29, 1.82) is 0 Å². The standard InChI is InChI=1S/C13H18BrNO/c1-8-7-10(14)9(2)11(12(8)16)13(3)5-4-6-15-13/h7,15-16H,4-6H2,1-3H3. The molecule has 0 saturated carbocycles. The van der Waals surface area contributed by atoms with E-state index in [1.54, 1.807) is 0 Å². The SMILES string of the molecule is Cc1cc(Br)c(C)c(C2(C)CCCN2)c1O. The highest BCUT2D eigenvalue weighted by atomic mass is 79.9. The molecule has 0 aliphatic carbocycles. The lowest BCUT2D eigenvalue weighted by molar-refractivity contribution is 0.390. The average Bonchev–Trinajstić information content (AvgIpc) is 2.63. The zero-order valence-electron chi connectivity index (χ0n) is 10.0. The monoisotopic (exact) mass is 283 g/mol. The maximum absolute atomic E-state index is 10.3. The molecule has 1 heterocycles. The molecule has 1 unspecified atom stereocenters. The first-order valence-electron chi connectivity index (χ1n) is 5.70. The minimum absolute atomic E-state index is 0.0806. The van der Waals surface area contributed by atoms with Crippen LogP contribution in [0.2, 0.25) is 0 Å². The molecular formula is C13H18BrNO. The number of hydrogen-bond donors (Lipinski definition) is 2. The third-order valence-electron chi connectivity index (χ3n) is 3.61. The van der Waals surface area contributed by atoms with E-state index >= 15 is 0 Å². The van der Waals surface area contributed by atoms with Crippen LogP contribution in [-0.2, 0) is 5.54 Å². The second-order valence-electron chi connectivity index (χ2n) is 4.89. The Kier molecular flexibility index (Phi) is 3.01. The summed E-state index contributed by atoms with van der Waals surface area (Å²) in [7, 11) is 0. The van der Waals surface area contributed by atoms with Crippen LogP contribution in [0.4, 0.5) is 0 Å².